The number of hydrazone groups is 1. The number of anilines is 1. The van der Waals surface area contributed by atoms with Crippen molar-refractivity contribution in [2.24, 2.45) is 5.10 Å². The van der Waals surface area contributed by atoms with Gasteiger partial charge in [0.1, 0.15) is 5.76 Å². The fraction of sp³-hybridized carbons (Fsp3) is 0.179. The molecule has 5 rings (SSSR count). The van der Waals surface area contributed by atoms with Gasteiger partial charge < -0.3 is 9.73 Å². The Kier molecular flexibility index (Phi) is 5.72. The van der Waals surface area contributed by atoms with E-state index in [4.69, 9.17) is 4.42 Å². The van der Waals surface area contributed by atoms with Gasteiger partial charge in [-0.1, -0.05) is 54.6 Å². The lowest BCUT2D eigenvalue weighted by Crippen LogP contribution is -2.22. The van der Waals surface area contributed by atoms with Crippen LogP contribution in [0.2, 0.25) is 0 Å². The predicted molar refractivity (Wildman–Crippen MR) is 133 cm³/mol. The number of benzene rings is 3. The van der Waals surface area contributed by atoms with Crippen LogP contribution in [0, 0.1) is 13.8 Å². The molecule has 6 nitrogen and oxygen atoms in total. The monoisotopic (exact) mass is 451 g/mol. The van der Waals surface area contributed by atoms with Gasteiger partial charge >= 0.3 is 0 Å². The lowest BCUT2D eigenvalue weighted by molar-refractivity contribution is 0.0955. The van der Waals surface area contributed by atoms with E-state index in [1.54, 1.807) is 6.07 Å². The molecule has 0 aliphatic heterocycles. The van der Waals surface area contributed by atoms with E-state index < -0.39 is 0 Å². The molecule has 170 valence electrons. The molecule has 0 saturated carbocycles. The van der Waals surface area contributed by atoms with Crippen LogP contribution in [0.1, 0.15) is 56.2 Å². The second-order valence-corrected chi connectivity index (χ2v) is 8.50. The first-order valence-electron chi connectivity index (χ1n) is 11.4. The summed E-state index contributed by atoms with van der Waals surface area (Å²) in [4.78, 5) is 25.9. The van der Waals surface area contributed by atoms with Gasteiger partial charge in [-0.25, -0.2) is 5.43 Å². The number of hydrogen-bond donors (Lipinski definition) is 2. The van der Waals surface area contributed by atoms with Crippen LogP contribution in [-0.4, -0.2) is 17.5 Å². The molecule has 1 heterocycles. The van der Waals surface area contributed by atoms with Crippen LogP contribution >= 0.6 is 0 Å². The van der Waals surface area contributed by atoms with Crippen molar-refractivity contribution in [1.82, 2.24) is 5.43 Å². The average Bonchev–Trinajstić information content (AvgIpc) is 3.20. The van der Waals surface area contributed by atoms with Crippen LogP contribution in [0.4, 0.5) is 5.69 Å². The van der Waals surface area contributed by atoms with Crippen molar-refractivity contribution >= 4 is 34.0 Å². The number of amides is 2. The zero-order chi connectivity index (χ0) is 23.7. The molecule has 0 unspecified atom stereocenters. The number of nitrogens with zero attached hydrogens (tertiary/aromatic N) is 1. The molecular weight excluding hydrogens is 426 g/mol. The molecule has 0 saturated heterocycles. The van der Waals surface area contributed by atoms with E-state index >= 15 is 0 Å². The number of carbonyl (C=O) groups is 2. The van der Waals surface area contributed by atoms with Gasteiger partial charge in [0.2, 0.25) is 0 Å². The smallest absolute Gasteiger partial charge is 0.291 e. The zero-order valence-electron chi connectivity index (χ0n) is 19.1. The maximum absolute atomic E-state index is 13.0. The number of para-hydroxylation sites is 1. The van der Waals surface area contributed by atoms with Crippen molar-refractivity contribution in [2.45, 2.75) is 33.1 Å². The molecule has 4 aromatic rings. The molecule has 3 aromatic carbocycles. The zero-order valence-corrected chi connectivity index (χ0v) is 19.1. The number of carbonyl (C=O) groups excluding carboxylic acids is 2. The number of nitrogens with one attached hydrogen (secondary N) is 2. The molecule has 0 bridgehead atoms. The number of rotatable bonds is 4. The third-order valence-corrected chi connectivity index (χ3v) is 6.25. The van der Waals surface area contributed by atoms with E-state index in [0.29, 0.717) is 12.0 Å². The van der Waals surface area contributed by atoms with Crippen LogP contribution in [0.25, 0.3) is 10.8 Å². The quantitative estimate of drug-likeness (QED) is 0.386. The highest BCUT2D eigenvalue weighted by Crippen LogP contribution is 2.30. The van der Waals surface area contributed by atoms with Crippen LogP contribution in [-0.2, 0) is 6.42 Å². The Morgan fingerprint density at radius 1 is 0.882 bits per heavy atom. The van der Waals surface area contributed by atoms with Gasteiger partial charge in [-0.2, -0.15) is 5.10 Å². The van der Waals surface area contributed by atoms with E-state index in [9.17, 15) is 9.59 Å². The molecule has 2 amide bonds. The van der Waals surface area contributed by atoms with Crippen molar-refractivity contribution in [1.29, 1.82) is 0 Å². The van der Waals surface area contributed by atoms with Crippen molar-refractivity contribution in [3.05, 3.63) is 101 Å². The fourth-order valence-electron chi connectivity index (χ4n) is 4.49. The maximum Gasteiger partial charge on any atom is 0.291 e. The minimum Gasteiger partial charge on any atom is -0.455 e. The molecule has 1 aromatic heterocycles. The van der Waals surface area contributed by atoms with Gasteiger partial charge in [0, 0.05) is 28.8 Å². The summed E-state index contributed by atoms with van der Waals surface area (Å²) >= 11 is 0. The highest BCUT2D eigenvalue weighted by molar-refractivity contribution is 6.11. The summed E-state index contributed by atoms with van der Waals surface area (Å²) in [5.74, 6) is 0.454. The lowest BCUT2D eigenvalue weighted by atomic mass is 9.93. The number of aryl methyl sites for hydroxylation is 2. The van der Waals surface area contributed by atoms with Gasteiger partial charge in [-0.15, -0.1) is 0 Å². The van der Waals surface area contributed by atoms with Crippen LogP contribution in [0.3, 0.4) is 0 Å². The number of hydrogen-bond acceptors (Lipinski definition) is 4. The summed E-state index contributed by atoms with van der Waals surface area (Å²) in [5, 5.41) is 9.28. The largest absolute Gasteiger partial charge is 0.455 e. The molecule has 0 radical (unpaired) electrons. The van der Waals surface area contributed by atoms with Gasteiger partial charge in [0.15, 0.2) is 5.76 Å². The molecule has 1 aliphatic rings. The Bertz CT molecular complexity index is 1440. The summed E-state index contributed by atoms with van der Waals surface area (Å²) < 4.78 is 5.98. The summed E-state index contributed by atoms with van der Waals surface area (Å²) in [6.07, 6.45) is 2.26. The van der Waals surface area contributed by atoms with Gasteiger partial charge in [-0.05, 0) is 55.2 Å². The lowest BCUT2D eigenvalue weighted by Gasteiger charge is -2.13. The normalized spacial score (nSPS) is 14.1. The van der Waals surface area contributed by atoms with E-state index in [-0.39, 0.29) is 17.6 Å². The standard InChI is InChI=1S/C28H25N3O3/c1-17-9-3-6-14-22(17)29-28(33)26-18(2)25-23(15-8-16-24(25)34-26)30-31-27(32)21-13-7-11-19-10-4-5-12-20(19)21/h3-7,9-14H,8,15-16H2,1-2H3,(H,29,33)(H,31,32)/b30-23+. The Morgan fingerprint density at radius 3 is 2.50 bits per heavy atom. The SMILES string of the molecule is Cc1ccccc1NC(=O)c1oc2c(c1C)/C(=N/NC(=O)c1cccc3ccccc13)CCC2. The van der Waals surface area contributed by atoms with E-state index in [1.165, 1.54) is 0 Å². The molecule has 2 N–H and O–H groups in total. The third-order valence-electron chi connectivity index (χ3n) is 6.25. The molecule has 6 heteroatoms. The minimum absolute atomic E-state index is 0.268. The second kappa shape index (κ2) is 8.98. The molecule has 0 spiro atoms. The molecule has 0 fully saturated rings. The van der Waals surface area contributed by atoms with Crippen molar-refractivity contribution in [3.63, 3.8) is 0 Å². The summed E-state index contributed by atoms with van der Waals surface area (Å²) in [6.45, 7) is 3.81. The highest BCUT2D eigenvalue weighted by Gasteiger charge is 2.28. The Hall–Kier alpha value is -4.19. The van der Waals surface area contributed by atoms with E-state index in [0.717, 1.165) is 57.5 Å². The first-order valence-corrected chi connectivity index (χ1v) is 11.4. The minimum atomic E-state index is -0.291. The maximum atomic E-state index is 13.0. The van der Waals surface area contributed by atoms with Gasteiger partial charge in [0.25, 0.3) is 11.8 Å². The van der Waals surface area contributed by atoms with Crippen LogP contribution < -0.4 is 10.7 Å². The topological polar surface area (TPSA) is 83.7 Å². The molecule has 0 atom stereocenters. The van der Waals surface area contributed by atoms with Crippen molar-refractivity contribution in [2.75, 3.05) is 5.32 Å². The van der Waals surface area contributed by atoms with Crippen molar-refractivity contribution in [3.8, 4) is 0 Å². The third kappa shape index (κ3) is 3.99. The van der Waals surface area contributed by atoms with Crippen molar-refractivity contribution < 1.29 is 14.0 Å². The second-order valence-electron chi connectivity index (χ2n) is 8.50. The Labute approximate surface area is 197 Å². The number of furan rings is 1. The van der Waals surface area contributed by atoms with Crippen LogP contribution in [0.5, 0.6) is 0 Å². The van der Waals surface area contributed by atoms with E-state index in [2.05, 4.69) is 15.8 Å². The summed E-state index contributed by atoms with van der Waals surface area (Å²) in [5.41, 5.74) is 7.30. The summed E-state index contributed by atoms with van der Waals surface area (Å²) in [7, 11) is 0. The molecular formula is C28H25N3O3. The first kappa shape index (κ1) is 21.6. The van der Waals surface area contributed by atoms with Crippen LogP contribution in [0.15, 0.2) is 76.2 Å². The van der Waals surface area contributed by atoms with E-state index in [1.807, 2.05) is 74.5 Å². The first-order chi connectivity index (χ1) is 16.5. The predicted octanol–water partition coefficient (Wildman–Crippen LogP) is 5.77. The molecule has 1 aliphatic carbocycles. The molecule has 34 heavy (non-hydrogen) atoms. The average molecular weight is 452 g/mol. The highest BCUT2D eigenvalue weighted by atomic mass is 16.4. The number of fused-ring (bicyclic) bond motifs is 2. The Balaban J connectivity index is 1.41. The van der Waals surface area contributed by atoms with Gasteiger partial charge in [0.05, 0.1) is 5.71 Å². The van der Waals surface area contributed by atoms with Gasteiger partial charge in [-0.3, -0.25) is 9.59 Å². The summed E-state index contributed by atoms with van der Waals surface area (Å²) in [6, 6.07) is 21.0. The Morgan fingerprint density at radius 2 is 1.65 bits per heavy atom. The fourth-order valence-corrected chi connectivity index (χ4v) is 4.49.